The molecular weight excluding hydrogens is 268 g/mol. The molecule has 0 aromatic carbocycles. The van der Waals surface area contributed by atoms with Gasteiger partial charge in [-0.1, -0.05) is 20.3 Å². The molecule has 19 heavy (non-hydrogen) atoms. The number of nitrogens with one attached hydrogen (secondary N) is 2. The fourth-order valence-corrected chi connectivity index (χ4v) is 2.19. The Morgan fingerprint density at radius 2 is 1.84 bits per heavy atom. The monoisotopic (exact) mass is 292 g/mol. The van der Waals surface area contributed by atoms with E-state index in [-0.39, 0.29) is 12.0 Å². The van der Waals surface area contributed by atoms with E-state index in [1.165, 1.54) is 0 Å². The number of rotatable bonds is 8. The number of carboxylic acid groups (broad SMARTS) is 1. The molecule has 4 atom stereocenters. The number of amides is 2. The van der Waals surface area contributed by atoms with Gasteiger partial charge < -0.3 is 15.7 Å². The second kappa shape index (κ2) is 8.90. The SMILES string of the molecule is CCC(C)[C@H](NC(=O)NC(C)CCS(C)=O)C(=O)O. The second-order valence-electron chi connectivity index (χ2n) is 4.79. The molecule has 2 amide bonds. The smallest absolute Gasteiger partial charge is 0.326 e. The molecule has 3 N–H and O–H groups in total. The molecule has 0 radical (unpaired) electrons. The predicted octanol–water partition coefficient (Wildman–Crippen LogP) is 0.942. The molecule has 0 saturated carbocycles. The fourth-order valence-electron chi connectivity index (χ4n) is 1.50. The van der Waals surface area contributed by atoms with E-state index in [1.54, 1.807) is 20.1 Å². The van der Waals surface area contributed by atoms with Crippen molar-refractivity contribution in [2.45, 2.75) is 45.7 Å². The van der Waals surface area contributed by atoms with Crippen molar-refractivity contribution in [2.24, 2.45) is 5.92 Å². The summed E-state index contributed by atoms with van der Waals surface area (Å²) in [6, 6.07) is -1.53. The van der Waals surface area contributed by atoms with E-state index in [0.717, 1.165) is 0 Å². The molecule has 0 bridgehead atoms. The van der Waals surface area contributed by atoms with E-state index in [2.05, 4.69) is 10.6 Å². The normalized spacial score (nSPS) is 17.1. The minimum absolute atomic E-state index is 0.137. The number of aliphatic carboxylic acids is 1. The summed E-state index contributed by atoms with van der Waals surface area (Å²) in [5, 5.41) is 14.2. The van der Waals surface area contributed by atoms with E-state index >= 15 is 0 Å². The Labute approximate surface area is 116 Å². The van der Waals surface area contributed by atoms with Gasteiger partial charge in [-0.2, -0.15) is 0 Å². The zero-order chi connectivity index (χ0) is 15.0. The maximum Gasteiger partial charge on any atom is 0.326 e. The number of carbonyl (C=O) groups is 2. The first kappa shape index (κ1) is 17.9. The number of hydrogen-bond acceptors (Lipinski definition) is 3. The number of hydrogen-bond donors (Lipinski definition) is 3. The van der Waals surface area contributed by atoms with Crippen molar-refractivity contribution < 1.29 is 18.9 Å². The summed E-state index contributed by atoms with van der Waals surface area (Å²) in [4.78, 5) is 22.7. The largest absolute Gasteiger partial charge is 0.480 e. The average Bonchev–Trinajstić information content (AvgIpc) is 2.32. The summed E-state index contributed by atoms with van der Waals surface area (Å²) in [6.45, 7) is 5.45. The third kappa shape index (κ3) is 7.81. The van der Waals surface area contributed by atoms with Gasteiger partial charge in [0.15, 0.2) is 0 Å². The summed E-state index contributed by atoms with van der Waals surface area (Å²) in [7, 11) is -0.894. The topological polar surface area (TPSA) is 95.5 Å². The van der Waals surface area contributed by atoms with Crippen molar-refractivity contribution in [1.29, 1.82) is 0 Å². The summed E-state index contributed by atoms with van der Waals surface area (Å²) in [5.74, 6) is -0.664. The van der Waals surface area contributed by atoms with Gasteiger partial charge in [-0.05, 0) is 19.3 Å². The number of carboxylic acids is 1. The predicted molar refractivity (Wildman–Crippen MR) is 75.6 cm³/mol. The van der Waals surface area contributed by atoms with Crippen LogP contribution in [-0.2, 0) is 15.6 Å². The standard InChI is InChI=1S/C12H24N2O4S/c1-5-8(2)10(11(15)16)14-12(17)13-9(3)6-7-19(4)18/h8-10H,5-7H2,1-4H3,(H,15,16)(H2,13,14,17)/t8?,9?,10-,19?/m0/s1. The van der Waals surface area contributed by atoms with Gasteiger partial charge in [0, 0.05) is 28.9 Å². The quantitative estimate of drug-likeness (QED) is 0.620. The van der Waals surface area contributed by atoms with Gasteiger partial charge in [0.1, 0.15) is 6.04 Å². The van der Waals surface area contributed by atoms with E-state index in [9.17, 15) is 13.8 Å². The maximum atomic E-state index is 11.7. The highest BCUT2D eigenvalue weighted by atomic mass is 32.2. The van der Waals surface area contributed by atoms with Crippen molar-refractivity contribution in [3.63, 3.8) is 0 Å². The first-order chi connectivity index (χ1) is 8.77. The number of carbonyl (C=O) groups excluding carboxylic acids is 1. The van der Waals surface area contributed by atoms with Gasteiger partial charge in [0.2, 0.25) is 0 Å². The molecule has 0 aliphatic heterocycles. The van der Waals surface area contributed by atoms with E-state index < -0.39 is 28.8 Å². The van der Waals surface area contributed by atoms with Crippen LogP contribution in [-0.4, -0.2) is 45.4 Å². The Morgan fingerprint density at radius 3 is 2.26 bits per heavy atom. The zero-order valence-corrected chi connectivity index (χ0v) is 12.8. The Balaban J connectivity index is 4.26. The van der Waals surface area contributed by atoms with Gasteiger partial charge in [0.25, 0.3) is 0 Å². The Bertz CT molecular complexity index is 336. The molecule has 0 aliphatic carbocycles. The molecule has 112 valence electrons. The summed E-state index contributed by atoms with van der Waals surface area (Å²) >= 11 is 0. The lowest BCUT2D eigenvalue weighted by Crippen LogP contribution is -2.51. The molecule has 0 aromatic rings. The van der Waals surface area contributed by atoms with Gasteiger partial charge in [0.05, 0.1) is 0 Å². The lowest BCUT2D eigenvalue weighted by atomic mass is 9.99. The van der Waals surface area contributed by atoms with Crippen LogP contribution in [0.3, 0.4) is 0 Å². The van der Waals surface area contributed by atoms with Crippen molar-refractivity contribution in [3.8, 4) is 0 Å². The van der Waals surface area contributed by atoms with E-state index in [1.807, 2.05) is 6.92 Å². The molecule has 7 heteroatoms. The summed E-state index contributed by atoms with van der Waals surface area (Å²) < 4.78 is 10.9. The lowest BCUT2D eigenvalue weighted by molar-refractivity contribution is -0.140. The highest BCUT2D eigenvalue weighted by Crippen LogP contribution is 2.07. The van der Waals surface area contributed by atoms with Crippen LogP contribution in [0.4, 0.5) is 4.79 Å². The minimum atomic E-state index is -1.04. The van der Waals surface area contributed by atoms with Crippen LogP contribution in [0.1, 0.15) is 33.6 Å². The average molecular weight is 292 g/mol. The first-order valence-corrected chi connectivity index (χ1v) is 8.10. The van der Waals surface area contributed by atoms with Crippen LogP contribution in [0, 0.1) is 5.92 Å². The molecule has 3 unspecified atom stereocenters. The van der Waals surface area contributed by atoms with E-state index in [0.29, 0.717) is 18.6 Å². The van der Waals surface area contributed by atoms with Crippen LogP contribution in [0.5, 0.6) is 0 Å². The lowest BCUT2D eigenvalue weighted by Gasteiger charge is -2.22. The van der Waals surface area contributed by atoms with Gasteiger partial charge in [-0.15, -0.1) is 0 Å². The number of urea groups is 1. The fraction of sp³-hybridized carbons (Fsp3) is 0.833. The molecule has 0 aliphatic rings. The van der Waals surface area contributed by atoms with Crippen LogP contribution in [0.2, 0.25) is 0 Å². The van der Waals surface area contributed by atoms with Gasteiger partial charge >= 0.3 is 12.0 Å². The van der Waals surface area contributed by atoms with Crippen molar-refractivity contribution in [2.75, 3.05) is 12.0 Å². The van der Waals surface area contributed by atoms with Crippen molar-refractivity contribution in [3.05, 3.63) is 0 Å². The molecule has 0 aromatic heterocycles. The molecular formula is C12H24N2O4S. The second-order valence-corrected chi connectivity index (χ2v) is 6.34. The third-order valence-corrected chi connectivity index (χ3v) is 3.79. The van der Waals surface area contributed by atoms with Gasteiger partial charge in [-0.3, -0.25) is 4.21 Å². The van der Waals surface area contributed by atoms with Crippen LogP contribution >= 0.6 is 0 Å². The zero-order valence-electron chi connectivity index (χ0n) is 11.9. The third-order valence-electron chi connectivity index (χ3n) is 2.98. The molecule has 0 spiro atoms. The highest BCUT2D eigenvalue weighted by molar-refractivity contribution is 7.84. The van der Waals surface area contributed by atoms with Crippen LogP contribution in [0.15, 0.2) is 0 Å². The Hall–Kier alpha value is -1.11. The van der Waals surface area contributed by atoms with Crippen molar-refractivity contribution in [1.82, 2.24) is 10.6 Å². The Kier molecular flexibility index (Phi) is 8.38. The molecule has 0 saturated heterocycles. The summed E-state index contributed by atoms with van der Waals surface area (Å²) in [6.07, 6.45) is 2.87. The van der Waals surface area contributed by atoms with Crippen LogP contribution < -0.4 is 10.6 Å². The van der Waals surface area contributed by atoms with Crippen molar-refractivity contribution >= 4 is 22.8 Å². The molecule has 0 rings (SSSR count). The van der Waals surface area contributed by atoms with E-state index in [4.69, 9.17) is 5.11 Å². The summed E-state index contributed by atoms with van der Waals surface area (Å²) in [5.41, 5.74) is 0. The van der Waals surface area contributed by atoms with Crippen LogP contribution in [0.25, 0.3) is 0 Å². The minimum Gasteiger partial charge on any atom is -0.480 e. The molecule has 0 fully saturated rings. The Morgan fingerprint density at radius 1 is 1.26 bits per heavy atom. The maximum absolute atomic E-state index is 11.7. The van der Waals surface area contributed by atoms with Gasteiger partial charge in [-0.25, -0.2) is 9.59 Å². The molecule has 0 heterocycles. The highest BCUT2D eigenvalue weighted by Gasteiger charge is 2.25. The first-order valence-electron chi connectivity index (χ1n) is 6.37. The molecule has 6 nitrogen and oxygen atoms in total.